The van der Waals surface area contributed by atoms with Gasteiger partial charge < -0.3 is 16.0 Å². The fourth-order valence-corrected chi connectivity index (χ4v) is 1.84. The number of rotatable bonds is 2. The molecule has 0 aromatic carbocycles. The Hall–Kier alpha value is -0.770. The van der Waals surface area contributed by atoms with Crippen LogP contribution in [0.25, 0.3) is 0 Å². The van der Waals surface area contributed by atoms with Gasteiger partial charge in [0, 0.05) is 11.6 Å². The summed E-state index contributed by atoms with van der Waals surface area (Å²) in [6.07, 6.45) is 2.52. The molecule has 0 radical (unpaired) electrons. The summed E-state index contributed by atoms with van der Waals surface area (Å²) in [5, 5.41) is 3.17. The Morgan fingerprint density at radius 1 is 1.53 bits per heavy atom. The number of likely N-dealkylation sites (N-methyl/N-ethyl adjacent to an activating group) is 1. The van der Waals surface area contributed by atoms with Gasteiger partial charge in [0.25, 0.3) is 0 Å². The van der Waals surface area contributed by atoms with Gasteiger partial charge in [0.2, 0.25) is 0 Å². The molecule has 0 aromatic rings. The summed E-state index contributed by atoms with van der Waals surface area (Å²) in [5.74, 6) is 0.558. The van der Waals surface area contributed by atoms with Crippen LogP contribution < -0.4 is 11.1 Å². The molecule has 0 bridgehead atoms. The molecule has 1 heterocycles. The molecule has 0 aromatic heterocycles. The Morgan fingerprint density at radius 2 is 2.20 bits per heavy atom. The van der Waals surface area contributed by atoms with E-state index in [-0.39, 0.29) is 5.54 Å². The molecule has 1 atom stereocenters. The van der Waals surface area contributed by atoms with Crippen molar-refractivity contribution in [2.24, 2.45) is 10.7 Å². The summed E-state index contributed by atoms with van der Waals surface area (Å²) >= 11 is 0. The van der Waals surface area contributed by atoms with Gasteiger partial charge in [0.05, 0.1) is 6.54 Å². The van der Waals surface area contributed by atoms with Crippen LogP contribution in [0.2, 0.25) is 0 Å². The van der Waals surface area contributed by atoms with E-state index in [1.807, 2.05) is 0 Å². The van der Waals surface area contributed by atoms with Crippen LogP contribution in [-0.4, -0.2) is 42.6 Å². The normalized spacial score (nSPS) is 24.5. The smallest absolute Gasteiger partial charge is 0.189 e. The van der Waals surface area contributed by atoms with Gasteiger partial charge in [-0.3, -0.25) is 4.99 Å². The number of nitrogens with zero attached hydrogens (tertiary/aromatic N) is 2. The topological polar surface area (TPSA) is 53.6 Å². The van der Waals surface area contributed by atoms with E-state index in [0.717, 1.165) is 6.54 Å². The third kappa shape index (κ3) is 4.51. The Morgan fingerprint density at radius 3 is 2.67 bits per heavy atom. The zero-order valence-electron chi connectivity index (χ0n) is 10.4. The SMILES string of the molecule is CN1CCCC1CN=C(N)NC(C)(C)C. The number of likely N-dealkylation sites (tertiary alicyclic amines) is 1. The molecule has 1 aliphatic heterocycles. The summed E-state index contributed by atoms with van der Waals surface area (Å²) in [7, 11) is 2.15. The quantitative estimate of drug-likeness (QED) is 0.525. The van der Waals surface area contributed by atoms with Crippen LogP contribution in [0.5, 0.6) is 0 Å². The summed E-state index contributed by atoms with van der Waals surface area (Å²) in [6, 6.07) is 0.574. The molecule has 0 spiro atoms. The molecule has 4 nitrogen and oxygen atoms in total. The number of guanidine groups is 1. The molecular weight excluding hydrogens is 188 g/mol. The lowest BCUT2D eigenvalue weighted by Crippen LogP contribution is -2.45. The molecule has 88 valence electrons. The molecule has 15 heavy (non-hydrogen) atoms. The van der Waals surface area contributed by atoms with Crippen molar-refractivity contribution < 1.29 is 0 Å². The van der Waals surface area contributed by atoms with E-state index < -0.39 is 0 Å². The van der Waals surface area contributed by atoms with E-state index in [2.05, 4.69) is 43.0 Å². The molecule has 0 saturated carbocycles. The first kappa shape index (κ1) is 12.3. The molecule has 1 aliphatic rings. The molecule has 0 aliphatic carbocycles. The van der Waals surface area contributed by atoms with Gasteiger partial charge in [0.15, 0.2) is 5.96 Å². The standard InChI is InChI=1S/C11H24N4/c1-11(2,3)14-10(12)13-8-9-6-5-7-15(9)4/h9H,5-8H2,1-4H3,(H3,12,13,14). The minimum Gasteiger partial charge on any atom is -0.370 e. The maximum atomic E-state index is 5.80. The maximum absolute atomic E-state index is 5.80. The Kier molecular flexibility index (Phi) is 3.97. The highest BCUT2D eigenvalue weighted by Gasteiger charge is 2.20. The molecular formula is C11H24N4. The van der Waals surface area contributed by atoms with E-state index in [0.29, 0.717) is 12.0 Å². The fourth-order valence-electron chi connectivity index (χ4n) is 1.84. The van der Waals surface area contributed by atoms with Crippen LogP contribution in [0.1, 0.15) is 33.6 Å². The Balaban J connectivity index is 2.36. The second-order valence-electron chi connectivity index (χ2n) is 5.38. The molecule has 0 amide bonds. The average molecular weight is 212 g/mol. The van der Waals surface area contributed by atoms with Crippen LogP contribution in [-0.2, 0) is 0 Å². The van der Waals surface area contributed by atoms with Crippen LogP contribution in [0.15, 0.2) is 4.99 Å². The molecule has 1 unspecified atom stereocenters. The van der Waals surface area contributed by atoms with Gasteiger partial charge in [-0.05, 0) is 47.2 Å². The van der Waals surface area contributed by atoms with Crippen molar-refractivity contribution >= 4 is 5.96 Å². The van der Waals surface area contributed by atoms with Gasteiger partial charge in [-0.2, -0.15) is 0 Å². The zero-order valence-corrected chi connectivity index (χ0v) is 10.4. The second-order valence-corrected chi connectivity index (χ2v) is 5.38. The van der Waals surface area contributed by atoms with Crippen molar-refractivity contribution in [2.75, 3.05) is 20.1 Å². The highest BCUT2D eigenvalue weighted by atomic mass is 15.2. The van der Waals surface area contributed by atoms with E-state index >= 15 is 0 Å². The zero-order chi connectivity index (χ0) is 11.5. The number of nitrogens with one attached hydrogen (secondary N) is 1. The predicted octanol–water partition coefficient (Wildman–Crippen LogP) is 0.783. The highest BCUT2D eigenvalue weighted by molar-refractivity contribution is 5.78. The summed E-state index contributed by atoms with van der Waals surface area (Å²) < 4.78 is 0. The van der Waals surface area contributed by atoms with Crippen molar-refractivity contribution in [3.05, 3.63) is 0 Å². The Labute approximate surface area is 92.9 Å². The second kappa shape index (κ2) is 4.84. The van der Waals surface area contributed by atoms with E-state index in [1.165, 1.54) is 19.4 Å². The largest absolute Gasteiger partial charge is 0.370 e. The summed E-state index contributed by atoms with van der Waals surface area (Å²) in [5.41, 5.74) is 5.80. The van der Waals surface area contributed by atoms with Crippen molar-refractivity contribution in [1.82, 2.24) is 10.2 Å². The van der Waals surface area contributed by atoms with E-state index in [1.54, 1.807) is 0 Å². The monoisotopic (exact) mass is 212 g/mol. The number of hydrogen-bond acceptors (Lipinski definition) is 2. The third-order valence-electron chi connectivity index (χ3n) is 2.65. The lowest BCUT2D eigenvalue weighted by atomic mass is 10.1. The molecule has 1 fully saturated rings. The average Bonchev–Trinajstić information content (AvgIpc) is 2.44. The molecule has 1 rings (SSSR count). The highest BCUT2D eigenvalue weighted by Crippen LogP contribution is 2.14. The maximum Gasteiger partial charge on any atom is 0.189 e. The van der Waals surface area contributed by atoms with Crippen molar-refractivity contribution in [2.45, 2.75) is 45.2 Å². The van der Waals surface area contributed by atoms with Crippen molar-refractivity contribution in [3.8, 4) is 0 Å². The molecule has 4 heteroatoms. The number of nitrogens with two attached hydrogens (primary N) is 1. The Bertz CT molecular complexity index is 229. The molecule has 1 saturated heterocycles. The van der Waals surface area contributed by atoms with Gasteiger partial charge in [-0.15, -0.1) is 0 Å². The van der Waals surface area contributed by atoms with E-state index in [4.69, 9.17) is 5.73 Å². The lowest BCUT2D eigenvalue weighted by molar-refractivity contribution is 0.317. The van der Waals surface area contributed by atoms with E-state index in [9.17, 15) is 0 Å². The molecule has 3 N–H and O–H groups in total. The summed E-state index contributed by atoms with van der Waals surface area (Å²) in [6.45, 7) is 8.24. The van der Waals surface area contributed by atoms with Crippen LogP contribution in [0, 0.1) is 0 Å². The van der Waals surface area contributed by atoms with Crippen LogP contribution in [0.3, 0.4) is 0 Å². The first-order chi connectivity index (χ1) is 6.88. The van der Waals surface area contributed by atoms with Crippen LogP contribution in [0.4, 0.5) is 0 Å². The third-order valence-corrected chi connectivity index (χ3v) is 2.65. The number of aliphatic imine (C=N–C) groups is 1. The lowest BCUT2D eigenvalue weighted by Gasteiger charge is -2.22. The van der Waals surface area contributed by atoms with Gasteiger partial charge >= 0.3 is 0 Å². The number of hydrogen-bond donors (Lipinski definition) is 2. The van der Waals surface area contributed by atoms with Gasteiger partial charge in [-0.25, -0.2) is 0 Å². The van der Waals surface area contributed by atoms with Gasteiger partial charge in [-0.1, -0.05) is 0 Å². The van der Waals surface area contributed by atoms with Crippen molar-refractivity contribution in [3.63, 3.8) is 0 Å². The van der Waals surface area contributed by atoms with Crippen LogP contribution >= 0.6 is 0 Å². The minimum atomic E-state index is -0.00480. The fraction of sp³-hybridized carbons (Fsp3) is 0.909. The first-order valence-corrected chi connectivity index (χ1v) is 5.67. The minimum absolute atomic E-state index is 0.00480. The first-order valence-electron chi connectivity index (χ1n) is 5.67. The van der Waals surface area contributed by atoms with Crippen molar-refractivity contribution in [1.29, 1.82) is 0 Å². The predicted molar refractivity (Wildman–Crippen MR) is 65.0 cm³/mol. The van der Waals surface area contributed by atoms with Gasteiger partial charge in [0.1, 0.15) is 0 Å². The summed E-state index contributed by atoms with van der Waals surface area (Å²) in [4.78, 5) is 6.74.